The van der Waals surface area contributed by atoms with Crippen molar-refractivity contribution in [2.45, 2.75) is 25.8 Å². The number of piperazine rings is 1. The number of benzene rings is 1. The SMILES string of the molecule is CC(=O)N1CC(=O)N(c2ccccc2)C[C@@]12CCN(C(=O)c1cccc(C)n1)C2. The van der Waals surface area contributed by atoms with E-state index in [4.69, 9.17) is 0 Å². The summed E-state index contributed by atoms with van der Waals surface area (Å²) < 4.78 is 0. The van der Waals surface area contributed by atoms with E-state index in [1.165, 1.54) is 6.92 Å². The summed E-state index contributed by atoms with van der Waals surface area (Å²) in [6.07, 6.45) is 0.626. The number of carbonyl (C=O) groups excluding carboxylic acids is 3. The highest BCUT2D eigenvalue weighted by molar-refractivity contribution is 5.99. The lowest BCUT2D eigenvalue weighted by molar-refractivity contribution is -0.142. The Morgan fingerprint density at radius 2 is 1.79 bits per heavy atom. The number of nitrogens with zero attached hydrogens (tertiary/aromatic N) is 4. The first-order valence-corrected chi connectivity index (χ1v) is 9.76. The van der Waals surface area contributed by atoms with Gasteiger partial charge in [-0.1, -0.05) is 24.3 Å². The number of hydrogen-bond donors (Lipinski definition) is 0. The quantitative estimate of drug-likeness (QED) is 0.782. The Hall–Kier alpha value is -3.22. The van der Waals surface area contributed by atoms with E-state index in [9.17, 15) is 14.4 Å². The van der Waals surface area contributed by atoms with Crippen molar-refractivity contribution in [3.63, 3.8) is 0 Å². The molecule has 2 aliphatic rings. The van der Waals surface area contributed by atoms with Crippen LogP contribution in [0.15, 0.2) is 48.5 Å². The average Bonchev–Trinajstić information content (AvgIpc) is 3.14. The van der Waals surface area contributed by atoms with E-state index in [2.05, 4.69) is 4.98 Å². The Bertz CT molecular complexity index is 962. The van der Waals surface area contributed by atoms with Crippen molar-refractivity contribution >= 4 is 23.4 Å². The van der Waals surface area contributed by atoms with Crippen LogP contribution in [0.2, 0.25) is 0 Å². The Morgan fingerprint density at radius 1 is 1.03 bits per heavy atom. The molecule has 1 aromatic heterocycles. The molecule has 29 heavy (non-hydrogen) atoms. The standard InChI is InChI=1S/C22H24N4O3/c1-16-7-6-10-19(23-16)21(29)24-12-11-22(14-24)15-25(18-8-4-3-5-9-18)20(28)13-26(22)17(2)27/h3-10H,11-15H2,1-2H3/t22-/m0/s1. The Labute approximate surface area is 169 Å². The van der Waals surface area contributed by atoms with Gasteiger partial charge in [-0.05, 0) is 37.6 Å². The van der Waals surface area contributed by atoms with E-state index in [1.807, 2.05) is 49.4 Å². The third-order valence-electron chi connectivity index (χ3n) is 5.79. The molecule has 150 valence electrons. The second-order valence-corrected chi connectivity index (χ2v) is 7.79. The lowest BCUT2D eigenvalue weighted by Gasteiger charge is -2.48. The lowest BCUT2D eigenvalue weighted by Crippen LogP contribution is -2.67. The van der Waals surface area contributed by atoms with E-state index in [0.717, 1.165) is 11.4 Å². The Balaban J connectivity index is 1.62. The second-order valence-electron chi connectivity index (χ2n) is 7.79. The smallest absolute Gasteiger partial charge is 0.272 e. The van der Waals surface area contributed by atoms with Gasteiger partial charge in [-0.2, -0.15) is 0 Å². The summed E-state index contributed by atoms with van der Waals surface area (Å²) in [6.45, 7) is 4.64. The van der Waals surface area contributed by atoms with Crippen LogP contribution in [0.25, 0.3) is 0 Å². The minimum atomic E-state index is -0.588. The average molecular weight is 392 g/mol. The van der Waals surface area contributed by atoms with Gasteiger partial charge in [0.05, 0.1) is 12.1 Å². The molecule has 0 unspecified atom stereocenters. The summed E-state index contributed by atoms with van der Waals surface area (Å²) >= 11 is 0. The van der Waals surface area contributed by atoms with Crippen LogP contribution in [0.1, 0.15) is 29.5 Å². The monoisotopic (exact) mass is 392 g/mol. The fraction of sp³-hybridized carbons (Fsp3) is 0.364. The van der Waals surface area contributed by atoms with Crippen LogP contribution < -0.4 is 4.90 Å². The van der Waals surface area contributed by atoms with Crippen LogP contribution in [0.5, 0.6) is 0 Å². The fourth-order valence-corrected chi connectivity index (χ4v) is 4.35. The summed E-state index contributed by atoms with van der Waals surface area (Å²) in [7, 11) is 0. The predicted octanol–water partition coefficient (Wildman–Crippen LogP) is 1.87. The van der Waals surface area contributed by atoms with Crippen molar-refractivity contribution < 1.29 is 14.4 Å². The Morgan fingerprint density at radius 3 is 2.48 bits per heavy atom. The van der Waals surface area contributed by atoms with Gasteiger partial charge in [0.1, 0.15) is 12.2 Å². The maximum absolute atomic E-state index is 13.0. The molecule has 1 spiro atoms. The van der Waals surface area contributed by atoms with Crippen molar-refractivity contribution in [2.75, 3.05) is 31.1 Å². The Kier molecular flexibility index (Phi) is 4.82. The summed E-state index contributed by atoms with van der Waals surface area (Å²) in [5.74, 6) is -0.395. The zero-order valence-corrected chi connectivity index (χ0v) is 16.7. The molecule has 2 aliphatic heterocycles. The predicted molar refractivity (Wildman–Crippen MR) is 108 cm³/mol. The molecule has 3 amide bonds. The first kappa shape index (κ1) is 19.1. The minimum Gasteiger partial charge on any atom is -0.335 e. The number of aryl methyl sites for hydroxylation is 1. The van der Waals surface area contributed by atoms with Crippen LogP contribution in [0, 0.1) is 6.92 Å². The lowest BCUT2D eigenvalue weighted by atomic mass is 9.91. The number of anilines is 1. The number of amides is 3. The molecule has 2 fully saturated rings. The van der Waals surface area contributed by atoms with E-state index in [1.54, 1.807) is 20.8 Å². The summed E-state index contributed by atoms with van der Waals surface area (Å²) in [6, 6.07) is 14.8. The molecule has 0 N–H and O–H groups in total. The van der Waals surface area contributed by atoms with Gasteiger partial charge in [-0.3, -0.25) is 14.4 Å². The molecule has 4 rings (SSSR count). The summed E-state index contributed by atoms with van der Waals surface area (Å²) in [5, 5.41) is 0. The molecule has 1 aromatic carbocycles. The van der Waals surface area contributed by atoms with Gasteiger partial charge in [-0.15, -0.1) is 0 Å². The number of likely N-dealkylation sites (tertiary alicyclic amines) is 1. The molecule has 0 aliphatic carbocycles. The van der Waals surface area contributed by atoms with E-state index in [0.29, 0.717) is 31.7 Å². The van der Waals surface area contributed by atoms with Crippen molar-refractivity contribution in [3.8, 4) is 0 Å². The minimum absolute atomic E-state index is 0.0228. The molecule has 0 saturated carbocycles. The molecule has 2 saturated heterocycles. The van der Waals surface area contributed by atoms with Gasteiger partial charge < -0.3 is 14.7 Å². The summed E-state index contributed by atoms with van der Waals surface area (Å²) in [4.78, 5) is 47.6. The maximum atomic E-state index is 13.0. The van der Waals surface area contributed by atoms with Crippen LogP contribution >= 0.6 is 0 Å². The first-order chi connectivity index (χ1) is 13.9. The number of rotatable bonds is 2. The third-order valence-corrected chi connectivity index (χ3v) is 5.79. The first-order valence-electron chi connectivity index (χ1n) is 9.76. The molecule has 0 bridgehead atoms. The van der Waals surface area contributed by atoms with Gasteiger partial charge in [0.25, 0.3) is 5.91 Å². The third kappa shape index (κ3) is 3.48. The molecule has 0 radical (unpaired) electrons. The second kappa shape index (κ2) is 7.31. The molecule has 3 heterocycles. The summed E-state index contributed by atoms with van der Waals surface area (Å²) in [5.41, 5.74) is 1.41. The molecular weight excluding hydrogens is 368 g/mol. The normalized spacial score (nSPS) is 21.7. The van der Waals surface area contributed by atoms with Gasteiger partial charge in [-0.25, -0.2) is 4.98 Å². The van der Waals surface area contributed by atoms with Crippen LogP contribution in [-0.4, -0.2) is 64.2 Å². The van der Waals surface area contributed by atoms with Gasteiger partial charge in [0.15, 0.2) is 0 Å². The van der Waals surface area contributed by atoms with E-state index < -0.39 is 5.54 Å². The highest BCUT2D eigenvalue weighted by Gasteiger charge is 2.51. The maximum Gasteiger partial charge on any atom is 0.272 e. The number of pyridine rings is 1. The van der Waals surface area contributed by atoms with Gasteiger partial charge in [0, 0.05) is 31.4 Å². The highest BCUT2D eigenvalue weighted by atomic mass is 16.2. The van der Waals surface area contributed by atoms with Crippen LogP contribution in [0.3, 0.4) is 0 Å². The zero-order chi connectivity index (χ0) is 20.6. The van der Waals surface area contributed by atoms with Crippen molar-refractivity contribution in [1.29, 1.82) is 0 Å². The van der Waals surface area contributed by atoms with Crippen molar-refractivity contribution in [1.82, 2.24) is 14.8 Å². The zero-order valence-electron chi connectivity index (χ0n) is 16.7. The highest BCUT2D eigenvalue weighted by Crippen LogP contribution is 2.35. The topological polar surface area (TPSA) is 73.8 Å². The number of hydrogen-bond acceptors (Lipinski definition) is 4. The molecule has 2 aromatic rings. The van der Waals surface area contributed by atoms with Crippen molar-refractivity contribution in [3.05, 3.63) is 59.9 Å². The van der Waals surface area contributed by atoms with Crippen LogP contribution in [0.4, 0.5) is 5.69 Å². The largest absolute Gasteiger partial charge is 0.335 e. The number of aromatic nitrogens is 1. The number of carbonyl (C=O) groups is 3. The number of para-hydroxylation sites is 1. The van der Waals surface area contributed by atoms with Gasteiger partial charge >= 0.3 is 0 Å². The fourth-order valence-electron chi connectivity index (χ4n) is 4.35. The van der Waals surface area contributed by atoms with E-state index in [-0.39, 0.29) is 24.3 Å². The van der Waals surface area contributed by atoms with E-state index >= 15 is 0 Å². The molecule has 7 nitrogen and oxygen atoms in total. The van der Waals surface area contributed by atoms with Crippen molar-refractivity contribution in [2.24, 2.45) is 0 Å². The van der Waals surface area contributed by atoms with Gasteiger partial charge in [0.2, 0.25) is 11.8 Å². The molecule has 1 atom stereocenters. The van der Waals surface area contributed by atoms with Crippen LogP contribution in [-0.2, 0) is 9.59 Å². The molecule has 7 heteroatoms. The molecular formula is C22H24N4O3.